The van der Waals surface area contributed by atoms with Gasteiger partial charge in [-0.05, 0) is 6.07 Å². The highest BCUT2D eigenvalue weighted by Crippen LogP contribution is 2.26. The van der Waals surface area contributed by atoms with E-state index in [1.807, 2.05) is 4.90 Å². The summed E-state index contributed by atoms with van der Waals surface area (Å²) in [5, 5.41) is 10.1. The molecule has 0 amide bonds. The standard InChI is InChI=1S/C15H23FN2O4S/c1-17(2)23(20,21)10-12-8-18(9-14(12)19)7-11-4-5-13(16)6-15(11)22-3/h4-6,12,14,19H,7-10H2,1-3H3/t12-,14+/m0/s1. The molecule has 1 N–H and O–H groups in total. The van der Waals surface area contributed by atoms with Crippen molar-refractivity contribution < 1.29 is 22.7 Å². The molecule has 6 nitrogen and oxygen atoms in total. The third-order valence-corrected chi connectivity index (χ3v) is 6.07. The van der Waals surface area contributed by atoms with Crippen molar-refractivity contribution in [1.29, 1.82) is 0 Å². The molecule has 1 aliphatic heterocycles. The van der Waals surface area contributed by atoms with Crippen molar-refractivity contribution in [2.24, 2.45) is 5.92 Å². The van der Waals surface area contributed by atoms with Crippen LogP contribution in [-0.4, -0.2) is 68.9 Å². The Balaban J connectivity index is 2.05. The highest BCUT2D eigenvalue weighted by molar-refractivity contribution is 7.89. The molecule has 0 unspecified atom stereocenters. The summed E-state index contributed by atoms with van der Waals surface area (Å²) in [6, 6.07) is 4.32. The van der Waals surface area contributed by atoms with E-state index >= 15 is 0 Å². The first-order valence-corrected chi connectivity index (χ1v) is 8.97. The van der Waals surface area contributed by atoms with Gasteiger partial charge in [-0.3, -0.25) is 4.90 Å². The second-order valence-electron chi connectivity index (χ2n) is 6.04. The zero-order chi connectivity index (χ0) is 17.2. The summed E-state index contributed by atoms with van der Waals surface area (Å²) in [5.74, 6) is -0.349. The van der Waals surface area contributed by atoms with E-state index in [2.05, 4.69) is 0 Å². The summed E-state index contributed by atoms with van der Waals surface area (Å²) in [6.45, 7) is 1.32. The fourth-order valence-corrected chi connectivity index (χ4v) is 3.91. The van der Waals surface area contributed by atoms with Crippen molar-refractivity contribution in [2.75, 3.05) is 40.0 Å². The summed E-state index contributed by atoms with van der Waals surface area (Å²) in [5.41, 5.74) is 0.803. The van der Waals surface area contributed by atoms with Crippen LogP contribution in [0.2, 0.25) is 0 Å². The van der Waals surface area contributed by atoms with Crippen molar-refractivity contribution in [2.45, 2.75) is 12.6 Å². The molecule has 1 fully saturated rings. The molecule has 0 radical (unpaired) electrons. The van der Waals surface area contributed by atoms with Gasteiger partial charge in [0.05, 0.1) is 19.0 Å². The van der Waals surface area contributed by atoms with Crippen molar-refractivity contribution >= 4 is 10.0 Å². The highest BCUT2D eigenvalue weighted by atomic mass is 32.2. The molecule has 1 saturated heterocycles. The lowest BCUT2D eigenvalue weighted by Gasteiger charge is -2.18. The Bertz CT molecular complexity index is 651. The van der Waals surface area contributed by atoms with Crippen LogP contribution in [0.1, 0.15) is 5.56 Å². The van der Waals surface area contributed by atoms with Gasteiger partial charge in [0, 0.05) is 51.3 Å². The molecule has 1 aromatic rings. The van der Waals surface area contributed by atoms with Crippen LogP contribution in [0.3, 0.4) is 0 Å². The van der Waals surface area contributed by atoms with Crippen molar-refractivity contribution in [3.05, 3.63) is 29.6 Å². The van der Waals surface area contributed by atoms with Gasteiger partial charge in [0.1, 0.15) is 11.6 Å². The van der Waals surface area contributed by atoms with Gasteiger partial charge in [0.15, 0.2) is 0 Å². The maximum atomic E-state index is 13.2. The van der Waals surface area contributed by atoms with Crippen LogP contribution >= 0.6 is 0 Å². The van der Waals surface area contributed by atoms with E-state index < -0.39 is 16.1 Å². The number of β-amino-alcohol motifs (C(OH)–C–C–N with tert-alkyl or cyclic N) is 1. The molecular formula is C15H23FN2O4S. The van der Waals surface area contributed by atoms with Crippen LogP contribution in [-0.2, 0) is 16.6 Å². The fourth-order valence-electron chi connectivity index (χ4n) is 2.74. The summed E-state index contributed by atoms with van der Waals surface area (Å²) < 4.78 is 43.5. The summed E-state index contributed by atoms with van der Waals surface area (Å²) in [6.07, 6.45) is -0.698. The van der Waals surface area contributed by atoms with Crippen molar-refractivity contribution in [1.82, 2.24) is 9.21 Å². The number of rotatable bonds is 6. The summed E-state index contributed by atoms with van der Waals surface area (Å²) >= 11 is 0. The van der Waals surface area contributed by atoms with Crippen LogP contribution in [0.25, 0.3) is 0 Å². The largest absolute Gasteiger partial charge is 0.496 e. The minimum atomic E-state index is -3.36. The molecule has 2 atom stereocenters. The third kappa shape index (κ3) is 4.41. The monoisotopic (exact) mass is 346 g/mol. The van der Waals surface area contributed by atoms with Gasteiger partial charge in [-0.1, -0.05) is 6.07 Å². The van der Waals surface area contributed by atoms with Gasteiger partial charge in [-0.25, -0.2) is 17.1 Å². The molecule has 1 heterocycles. The predicted octanol–water partition coefficient (Wildman–Crippen LogP) is 0.518. The zero-order valence-electron chi connectivity index (χ0n) is 13.6. The normalized spacial score (nSPS) is 22.7. The Morgan fingerprint density at radius 1 is 1.39 bits per heavy atom. The number of hydrogen-bond donors (Lipinski definition) is 1. The number of ether oxygens (including phenoxy) is 1. The summed E-state index contributed by atoms with van der Waals surface area (Å²) in [4.78, 5) is 1.95. The average Bonchev–Trinajstić information content (AvgIpc) is 2.80. The van der Waals surface area contributed by atoms with Gasteiger partial charge in [0.2, 0.25) is 10.0 Å². The fraction of sp³-hybridized carbons (Fsp3) is 0.600. The first-order chi connectivity index (χ1) is 10.7. The number of hydrogen-bond acceptors (Lipinski definition) is 5. The molecule has 0 bridgehead atoms. The molecule has 0 spiro atoms. The van der Waals surface area contributed by atoms with E-state index in [1.54, 1.807) is 6.07 Å². The highest BCUT2D eigenvalue weighted by Gasteiger charge is 2.35. The first kappa shape index (κ1) is 18.1. The second-order valence-corrected chi connectivity index (χ2v) is 8.27. The number of nitrogens with zero attached hydrogens (tertiary/aromatic N) is 2. The third-order valence-electron chi connectivity index (χ3n) is 4.11. The number of aliphatic hydroxyl groups excluding tert-OH is 1. The maximum absolute atomic E-state index is 13.2. The lowest BCUT2D eigenvalue weighted by Crippen LogP contribution is -2.33. The lowest BCUT2D eigenvalue weighted by molar-refractivity contribution is 0.148. The molecule has 0 saturated carbocycles. The second kappa shape index (κ2) is 7.12. The van der Waals surface area contributed by atoms with Crippen LogP contribution in [0.5, 0.6) is 5.75 Å². The maximum Gasteiger partial charge on any atom is 0.214 e. The van der Waals surface area contributed by atoms with E-state index in [0.29, 0.717) is 25.4 Å². The topological polar surface area (TPSA) is 70.1 Å². The minimum Gasteiger partial charge on any atom is -0.496 e. The number of benzene rings is 1. The SMILES string of the molecule is COc1cc(F)ccc1CN1C[C@@H](CS(=O)(=O)N(C)C)[C@H](O)C1. The van der Waals surface area contributed by atoms with Gasteiger partial charge in [0.25, 0.3) is 0 Å². The average molecular weight is 346 g/mol. The lowest BCUT2D eigenvalue weighted by atomic mass is 10.1. The molecule has 0 aliphatic carbocycles. The Hall–Kier alpha value is -1.22. The first-order valence-electron chi connectivity index (χ1n) is 7.36. The van der Waals surface area contributed by atoms with Crippen molar-refractivity contribution in [3.63, 3.8) is 0 Å². The van der Waals surface area contributed by atoms with Crippen LogP contribution in [0.4, 0.5) is 4.39 Å². The van der Waals surface area contributed by atoms with E-state index in [-0.39, 0.29) is 17.5 Å². The zero-order valence-corrected chi connectivity index (χ0v) is 14.4. The molecule has 2 rings (SSSR count). The minimum absolute atomic E-state index is 0.0851. The Morgan fingerprint density at radius 2 is 2.09 bits per heavy atom. The molecule has 23 heavy (non-hydrogen) atoms. The number of halogens is 1. The molecule has 0 aromatic heterocycles. The van der Waals surface area contributed by atoms with Gasteiger partial charge >= 0.3 is 0 Å². The molecule has 130 valence electrons. The van der Waals surface area contributed by atoms with Gasteiger partial charge in [-0.15, -0.1) is 0 Å². The number of likely N-dealkylation sites (tertiary alicyclic amines) is 1. The van der Waals surface area contributed by atoms with E-state index in [1.165, 1.54) is 37.6 Å². The molecule has 1 aromatic carbocycles. The van der Waals surface area contributed by atoms with Gasteiger partial charge in [-0.2, -0.15) is 0 Å². The van der Waals surface area contributed by atoms with E-state index in [9.17, 15) is 17.9 Å². The number of sulfonamides is 1. The Morgan fingerprint density at radius 3 is 2.70 bits per heavy atom. The Kier molecular flexibility index (Phi) is 5.61. The quantitative estimate of drug-likeness (QED) is 0.813. The number of methoxy groups -OCH3 is 1. The van der Waals surface area contributed by atoms with Crippen LogP contribution in [0.15, 0.2) is 18.2 Å². The van der Waals surface area contributed by atoms with E-state index in [0.717, 1.165) is 5.56 Å². The smallest absolute Gasteiger partial charge is 0.214 e. The van der Waals surface area contributed by atoms with E-state index in [4.69, 9.17) is 4.74 Å². The summed E-state index contributed by atoms with van der Waals surface area (Å²) in [7, 11) is 1.09. The Labute approximate surface area is 136 Å². The molecular weight excluding hydrogens is 323 g/mol. The predicted molar refractivity (Wildman–Crippen MR) is 85.2 cm³/mol. The molecule has 8 heteroatoms. The van der Waals surface area contributed by atoms with Gasteiger partial charge < -0.3 is 9.84 Å². The van der Waals surface area contributed by atoms with Crippen LogP contribution in [0, 0.1) is 11.7 Å². The van der Waals surface area contributed by atoms with Crippen molar-refractivity contribution in [3.8, 4) is 5.75 Å². The van der Waals surface area contributed by atoms with Crippen LogP contribution < -0.4 is 4.74 Å². The molecule has 1 aliphatic rings. The number of aliphatic hydroxyl groups is 1.